The molecule has 150 valence electrons. The van der Waals surface area contributed by atoms with Gasteiger partial charge < -0.3 is 19.2 Å². The van der Waals surface area contributed by atoms with Crippen LogP contribution in [0, 0.1) is 13.8 Å². The number of hydrogen-bond acceptors (Lipinski definition) is 8. The smallest absolute Gasteiger partial charge is 0.409 e. The normalized spacial score (nSPS) is 16.6. The molecule has 1 N–H and O–H groups in total. The molecule has 1 fully saturated rings. The SMILES string of the molecule is CCOC(=O)N1CCN([C@H](c2ccc(C)o2)c2sc3nc(C)nn3c2O)CC1. The molecule has 4 heterocycles. The van der Waals surface area contributed by atoms with Crippen molar-refractivity contribution < 1.29 is 19.1 Å². The summed E-state index contributed by atoms with van der Waals surface area (Å²) >= 11 is 1.40. The van der Waals surface area contributed by atoms with E-state index in [9.17, 15) is 9.90 Å². The average molecular weight is 405 g/mol. The van der Waals surface area contributed by atoms with E-state index in [0.29, 0.717) is 43.6 Å². The lowest BCUT2D eigenvalue weighted by molar-refractivity contribution is 0.0685. The molecule has 0 unspecified atom stereocenters. The fourth-order valence-electron chi connectivity index (χ4n) is 3.48. The minimum absolute atomic E-state index is 0.0764. The van der Waals surface area contributed by atoms with E-state index in [0.717, 1.165) is 16.4 Å². The third-order valence-corrected chi connectivity index (χ3v) is 5.86. The van der Waals surface area contributed by atoms with Crippen molar-refractivity contribution in [1.29, 1.82) is 0 Å². The number of piperazine rings is 1. The summed E-state index contributed by atoms with van der Waals surface area (Å²) in [4.78, 5) is 21.6. The standard InChI is InChI=1S/C18H23N5O4S/c1-4-26-18(25)22-9-7-21(8-10-22)14(13-6-5-11(2)27-13)15-16(24)23-17(28-15)19-12(3)20-23/h5-6,14,24H,4,7-10H2,1-3H3/t14-/m1/s1. The van der Waals surface area contributed by atoms with E-state index in [-0.39, 0.29) is 18.0 Å². The summed E-state index contributed by atoms with van der Waals surface area (Å²) in [5.41, 5.74) is 0. The van der Waals surface area contributed by atoms with E-state index >= 15 is 0 Å². The van der Waals surface area contributed by atoms with Crippen molar-refractivity contribution in [3.8, 4) is 5.88 Å². The number of thiazole rings is 1. The highest BCUT2D eigenvalue weighted by Crippen LogP contribution is 2.40. The molecule has 9 nitrogen and oxygen atoms in total. The molecule has 28 heavy (non-hydrogen) atoms. The van der Waals surface area contributed by atoms with Gasteiger partial charge in [-0.25, -0.2) is 9.78 Å². The Labute approximate surface area is 166 Å². The minimum Gasteiger partial charge on any atom is -0.492 e. The first-order valence-corrected chi connectivity index (χ1v) is 10.1. The summed E-state index contributed by atoms with van der Waals surface area (Å²) in [5, 5.41) is 15.1. The van der Waals surface area contributed by atoms with Crippen LogP contribution < -0.4 is 0 Å². The van der Waals surface area contributed by atoms with Gasteiger partial charge in [0, 0.05) is 26.2 Å². The molecular formula is C18H23N5O4S. The van der Waals surface area contributed by atoms with Crippen LogP contribution in [0.1, 0.15) is 35.2 Å². The van der Waals surface area contributed by atoms with E-state index in [1.165, 1.54) is 15.9 Å². The number of rotatable bonds is 4. The molecule has 10 heteroatoms. The number of carbonyl (C=O) groups excluding carboxylic acids is 1. The Kier molecular flexibility index (Phi) is 4.98. The highest BCUT2D eigenvalue weighted by atomic mass is 32.1. The number of fused-ring (bicyclic) bond motifs is 1. The van der Waals surface area contributed by atoms with Gasteiger partial charge in [-0.05, 0) is 32.9 Å². The number of aromatic hydroxyl groups is 1. The zero-order chi connectivity index (χ0) is 19.8. The summed E-state index contributed by atoms with van der Waals surface area (Å²) in [6, 6.07) is 3.57. The summed E-state index contributed by atoms with van der Waals surface area (Å²) in [6.45, 7) is 8.22. The molecule has 1 aliphatic rings. The van der Waals surface area contributed by atoms with Crippen molar-refractivity contribution in [3.05, 3.63) is 34.4 Å². The fraction of sp³-hybridized carbons (Fsp3) is 0.500. The van der Waals surface area contributed by atoms with Gasteiger partial charge in [0.1, 0.15) is 23.4 Å². The van der Waals surface area contributed by atoms with Crippen LogP contribution in [0.25, 0.3) is 4.96 Å². The topological polar surface area (TPSA) is 96.3 Å². The molecule has 3 aromatic rings. The quantitative estimate of drug-likeness (QED) is 0.712. The Bertz CT molecular complexity index is 986. The Morgan fingerprint density at radius 3 is 2.68 bits per heavy atom. The monoisotopic (exact) mass is 405 g/mol. The molecule has 0 radical (unpaired) electrons. The Balaban J connectivity index is 1.64. The number of nitrogens with zero attached hydrogens (tertiary/aromatic N) is 5. The number of hydrogen-bond donors (Lipinski definition) is 1. The Morgan fingerprint density at radius 1 is 1.32 bits per heavy atom. The van der Waals surface area contributed by atoms with Crippen molar-refractivity contribution in [2.75, 3.05) is 32.8 Å². The summed E-state index contributed by atoms with van der Waals surface area (Å²) < 4.78 is 12.5. The molecule has 1 saturated heterocycles. The maximum absolute atomic E-state index is 12.0. The summed E-state index contributed by atoms with van der Waals surface area (Å²) in [5.74, 6) is 2.24. The molecule has 0 saturated carbocycles. The van der Waals surface area contributed by atoms with Gasteiger partial charge in [-0.1, -0.05) is 11.3 Å². The van der Waals surface area contributed by atoms with Gasteiger partial charge in [-0.3, -0.25) is 4.90 Å². The van der Waals surface area contributed by atoms with Gasteiger partial charge in [0.2, 0.25) is 10.8 Å². The van der Waals surface area contributed by atoms with Gasteiger partial charge in [0.25, 0.3) is 0 Å². The first-order valence-electron chi connectivity index (χ1n) is 9.25. The van der Waals surface area contributed by atoms with Crippen molar-refractivity contribution in [2.24, 2.45) is 0 Å². The van der Waals surface area contributed by atoms with Crippen LogP contribution in [-0.4, -0.2) is 68.4 Å². The lowest BCUT2D eigenvalue weighted by Crippen LogP contribution is -2.49. The van der Waals surface area contributed by atoms with E-state index < -0.39 is 0 Å². The predicted octanol–water partition coefficient (Wildman–Crippen LogP) is 2.57. The van der Waals surface area contributed by atoms with Crippen LogP contribution in [0.15, 0.2) is 16.5 Å². The van der Waals surface area contributed by atoms with E-state index in [4.69, 9.17) is 9.15 Å². The predicted molar refractivity (Wildman–Crippen MR) is 103 cm³/mol. The molecule has 1 amide bonds. The molecule has 3 aromatic heterocycles. The van der Waals surface area contributed by atoms with Crippen molar-refractivity contribution >= 4 is 22.4 Å². The zero-order valence-electron chi connectivity index (χ0n) is 16.1. The van der Waals surface area contributed by atoms with E-state index in [1.54, 1.807) is 18.7 Å². The lowest BCUT2D eigenvalue weighted by Gasteiger charge is -2.37. The van der Waals surface area contributed by atoms with Crippen LogP contribution in [0.4, 0.5) is 4.79 Å². The number of aromatic nitrogens is 3. The van der Waals surface area contributed by atoms with Crippen LogP contribution in [-0.2, 0) is 4.74 Å². The molecule has 0 spiro atoms. The first kappa shape index (κ1) is 18.8. The second-order valence-corrected chi connectivity index (χ2v) is 7.73. The van der Waals surface area contributed by atoms with Gasteiger partial charge in [0.05, 0.1) is 11.5 Å². The highest BCUT2D eigenvalue weighted by molar-refractivity contribution is 7.17. The maximum atomic E-state index is 12.0. The number of carbonyl (C=O) groups is 1. The highest BCUT2D eigenvalue weighted by Gasteiger charge is 2.34. The molecular weight excluding hydrogens is 382 g/mol. The van der Waals surface area contributed by atoms with Crippen LogP contribution in [0.3, 0.4) is 0 Å². The largest absolute Gasteiger partial charge is 0.492 e. The van der Waals surface area contributed by atoms with Crippen LogP contribution >= 0.6 is 11.3 Å². The second-order valence-electron chi connectivity index (χ2n) is 6.72. The Morgan fingerprint density at radius 2 is 2.07 bits per heavy atom. The maximum Gasteiger partial charge on any atom is 0.409 e. The van der Waals surface area contributed by atoms with Crippen LogP contribution in [0.2, 0.25) is 0 Å². The lowest BCUT2D eigenvalue weighted by atomic mass is 10.1. The third kappa shape index (κ3) is 3.33. The summed E-state index contributed by atoms with van der Waals surface area (Å²) in [6.07, 6.45) is -0.287. The van der Waals surface area contributed by atoms with Crippen molar-refractivity contribution in [2.45, 2.75) is 26.8 Å². The Hall–Kier alpha value is -2.59. The zero-order valence-corrected chi connectivity index (χ0v) is 16.9. The average Bonchev–Trinajstić information content (AvgIpc) is 3.33. The van der Waals surface area contributed by atoms with Crippen molar-refractivity contribution in [3.63, 3.8) is 0 Å². The molecule has 1 atom stereocenters. The summed E-state index contributed by atoms with van der Waals surface area (Å²) in [7, 11) is 0. The number of aryl methyl sites for hydroxylation is 2. The van der Waals surface area contributed by atoms with Crippen molar-refractivity contribution in [1.82, 2.24) is 24.4 Å². The molecule has 0 aromatic carbocycles. The third-order valence-electron chi connectivity index (χ3n) is 4.79. The van der Waals surface area contributed by atoms with E-state index in [2.05, 4.69) is 15.0 Å². The minimum atomic E-state index is -0.287. The van der Waals surface area contributed by atoms with Gasteiger partial charge in [-0.2, -0.15) is 4.52 Å². The fourth-order valence-corrected chi connectivity index (χ4v) is 4.62. The van der Waals surface area contributed by atoms with Gasteiger partial charge in [0.15, 0.2) is 0 Å². The van der Waals surface area contributed by atoms with Gasteiger partial charge >= 0.3 is 6.09 Å². The second kappa shape index (κ2) is 7.44. The molecule has 1 aliphatic heterocycles. The molecule has 0 aliphatic carbocycles. The molecule has 4 rings (SSSR count). The number of furan rings is 1. The van der Waals surface area contributed by atoms with Gasteiger partial charge in [-0.15, -0.1) is 5.10 Å². The first-order chi connectivity index (χ1) is 13.5. The van der Waals surface area contributed by atoms with Crippen LogP contribution in [0.5, 0.6) is 5.88 Å². The van der Waals surface area contributed by atoms with E-state index in [1.807, 2.05) is 19.1 Å². The number of ether oxygens (including phenoxy) is 1. The molecule has 0 bridgehead atoms. The number of amides is 1.